The van der Waals surface area contributed by atoms with Crippen LogP contribution in [0, 0.1) is 12.3 Å². The lowest BCUT2D eigenvalue weighted by atomic mass is 9.75. The van der Waals surface area contributed by atoms with Crippen LogP contribution in [0.15, 0.2) is 84.4 Å². The summed E-state index contributed by atoms with van der Waals surface area (Å²) < 4.78 is 0. The molecule has 0 aliphatic heterocycles. The van der Waals surface area contributed by atoms with E-state index < -0.39 is 11.5 Å². The molecule has 0 bridgehead atoms. The van der Waals surface area contributed by atoms with Gasteiger partial charge >= 0.3 is 0 Å². The van der Waals surface area contributed by atoms with Crippen LogP contribution in [-0.4, -0.2) is 42.3 Å². The number of benzene rings is 3. The van der Waals surface area contributed by atoms with E-state index in [0.717, 1.165) is 27.8 Å². The fraction of sp³-hybridized carbons (Fsp3) is 0.410. The quantitative estimate of drug-likeness (QED) is 0.247. The first-order chi connectivity index (χ1) is 21.2. The van der Waals surface area contributed by atoms with Crippen LogP contribution in [0.5, 0.6) is 0 Å². The normalized spacial score (nSPS) is 17.3. The van der Waals surface area contributed by atoms with Crippen molar-refractivity contribution < 1.29 is 14.4 Å². The maximum absolute atomic E-state index is 13.7. The summed E-state index contributed by atoms with van der Waals surface area (Å²) in [5, 5.41) is 6.21. The monoisotopic (exact) mass is 607 g/mol. The average molecular weight is 608 g/mol. The van der Waals surface area contributed by atoms with Crippen molar-refractivity contribution >= 4 is 17.7 Å². The standard InChI is InChI=1S/C39H49N3O3/c1-26(2)42(8)36(44)34(30-14-10-9-11-15-30)41-37(45)39(7)23-21-28(22-24-39)25-40-35(43)32-16-12-13-27(3)33(32)29-17-19-31(20-18-29)38(4,5)6/h9-21,26,34H,22-25H2,1-8H3,(H,40,43)(H,41,45)/t34-,39?/m0/s1. The van der Waals surface area contributed by atoms with Crippen molar-refractivity contribution in [1.82, 2.24) is 15.5 Å². The van der Waals surface area contributed by atoms with Gasteiger partial charge in [-0.2, -0.15) is 0 Å². The van der Waals surface area contributed by atoms with Gasteiger partial charge in [0.2, 0.25) is 11.8 Å². The highest BCUT2D eigenvalue weighted by molar-refractivity contribution is 6.01. The van der Waals surface area contributed by atoms with Crippen LogP contribution in [0.4, 0.5) is 0 Å². The van der Waals surface area contributed by atoms with Gasteiger partial charge in [-0.25, -0.2) is 0 Å². The Bertz CT molecular complexity index is 1550. The fourth-order valence-electron chi connectivity index (χ4n) is 5.74. The van der Waals surface area contributed by atoms with Crippen LogP contribution in [0.1, 0.15) is 93.9 Å². The number of rotatable bonds is 9. The van der Waals surface area contributed by atoms with Crippen LogP contribution >= 0.6 is 0 Å². The maximum Gasteiger partial charge on any atom is 0.252 e. The van der Waals surface area contributed by atoms with E-state index in [4.69, 9.17) is 0 Å². The Hall–Kier alpha value is -4.19. The molecule has 6 nitrogen and oxygen atoms in total. The molecule has 1 aliphatic rings. The maximum atomic E-state index is 13.7. The highest BCUT2D eigenvalue weighted by Gasteiger charge is 2.38. The molecular formula is C39H49N3O3. The molecule has 3 amide bonds. The molecular weight excluding hydrogens is 558 g/mol. The van der Waals surface area contributed by atoms with Gasteiger partial charge < -0.3 is 15.5 Å². The molecule has 3 aromatic carbocycles. The van der Waals surface area contributed by atoms with Gasteiger partial charge in [-0.3, -0.25) is 14.4 Å². The molecule has 0 heterocycles. The minimum absolute atomic E-state index is 0.0106. The number of aryl methyl sites for hydroxylation is 1. The zero-order chi connectivity index (χ0) is 32.9. The smallest absolute Gasteiger partial charge is 0.252 e. The Kier molecular flexibility index (Phi) is 10.4. The zero-order valence-electron chi connectivity index (χ0n) is 28.2. The molecule has 0 aromatic heterocycles. The molecule has 0 radical (unpaired) electrons. The van der Waals surface area contributed by atoms with Crippen LogP contribution in [0.2, 0.25) is 0 Å². The number of allylic oxidation sites excluding steroid dienone is 1. The number of carbonyl (C=O) groups is 3. The molecule has 2 atom stereocenters. The Morgan fingerprint density at radius 2 is 1.60 bits per heavy atom. The number of hydrogen-bond acceptors (Lipinski definition) is 3. The average Bonchev–Trinajstić information content (AvgIpc) is 3.02. The first kappa shape index (κ1) is 33.7. The summed E-state index contributed by atoms with van der Waals surface area (Å²) in [5.74, 6) is -0.384. The van der Waals surface area contributed by atoms with E-state index in [1.54, 1.807) is 11.9 Å². The van der Waals surface area contributed by atoms with Gasteiger partial charge in [-0.15, -0.1) is 0 Å². The Balaban J connectivity index is 1.43. The summed E-state index contributed by atoms with van der Waals surface area (Å²) in [7, 11) is 1.77. The minimum Gasteiger partial charge on any atom is -0.348 e. The van der Waals surface area contributed by atoms with Crippen LogP contribution in [-0.2, 0) is 15.0 Å². The molecule has 1 unspecified atom stereocenters. The topological polar surface area (TPSA) is 78.5 Å². The van der Waals surface area contributed by atoms with Crippen molar-refractivity contribution in [2.24, 2.45) is 5.41 Å². The van der Waals surface area contributed by atoms with Crippen molar-refractivity contribution in [3.8, 4) is 11.1 Å². The number of likely N-dealkylation sites (N-methyl/N-ethyl adjacent to an activating group) is 1. The van der Waals surface area contributed by atoms with E-state index >= 15 is 0 Å². The number of hydrogen-bond donors (Lipinski definition) is 2. The molecule has 4 rings (SSSR count). The second kappa shape index (κ2) is 13.8. The summed E-state index contributed by atoms with van der Waals surface area (Å²) >= 11 is 0. The number of amides is 3. The van der Waals surface area contributed by atoms with Crippen LogP contribution < -0.4 is 10.6 Å². The molecule has 0 spiro atoms. The SMILES string of the molecule is Cc1cccc(C(=O)NCC2=CCC(C)(C(=O)N[C@H](C(=O)N(C)C(C)C)c3ccccc3)CC2)c1-c1ccc(C(C)(C)C)cc1. The molecule has 0 fully saturated rings. The second-order valence-electron chi connectivity index (χ2n) is 14.0. The predicted molar refractivity (Wildman–Crippen MR) is 183 cm³/mol. The van der Waals surface area contributed by atoms with E-state index in [9.17, 15) is 14.4 Å². The Morgan fingerprint density at radius 1 is 0.933 bits per heavy atom. The second-order valence-corrected chi connectivity index (χ2v) is 14.0. The lowest BCUT2D eigenvalue weighted by Crippen LogP contribution is -2.48. The van der Waals surface area contributed by atoms with Crippen molar-refractivity contribution in [1.29, 1.82) is 0 Å². The van der Waals surface area contributed by atoms with E-state index in [1.165, 1.54) is 5.56 Å². The lowest BCUT2D eigenvalue weighted by Gasteiger charge is -2.34. The molecule has 45 heavy (non-hydrogen) atoms. The Labute approximate surface area is 269 Å². The summed E-state index contributed by atoms with van der Waals surface area (Å²) in [4.78, 5) is 42.2. The number of nitrogens with one attached hydrogen (secondary N) is 2. The number of nitrogens with zero attached hydrogens (tertiary/aromatic N) is 1. The van der Waals surface area contributed by atoms with E-state index in [-0.39, 0.29) is 29.2 Å². The Morgan fingerprint density at radius 3 is 2.18 bits per heavy atom. The van der Waals surface area contributed by atoms with Gasteiger partial charge in [0.15, 0.2) is 0 Å². The summed E-state index contributed by atoms with van der Waals surface area (Å²) in [6.45, 7) is 14.9. The van der Waals surface area contributed by atoms with Crippen molar-refractivity contribution in [3.63, 3.8) is 0 Å². The molecule has 1 aliphatic carbocycles. The van der Waals surface area contributed by atoms with Gasteiger partial charge in [0.25, 0.3) is 5.91 Å². The van der Waals surface area contributed by atoms with Gasteiger partial charge in [0.1, 0.15) is 6.04 Å². The van der Waals surface area contributed by atoms with E-state index in [0.29, 0.717) is 31.4 Å². The van der Waals surface area contributed by atoms with Crippen molar-refractivity contribution in [3.05, 3.63) is 107 Å². The van der Waals surface area contributed by atoms with Crippen LogP contribution in [0.3, 0.4) is 0 Å². The van der Waals surface area contributed by atoms with E-state index in [2.05, 4.69) is 61.7 Å². The highest BCUT2D eigenvalue weighted by Crippen LogP contribution is 2.36. The van der Waals surface area contributed by atoms with Crippen LogP contribution in [0.25, 0.3) is 11.1 Å². The molecule has 238 valence electrons. The van der Waals surface area contributed by atoms with Gasteiger partial charge in [0.05, 0.1) is 5.41 Å². The van der Waals surface area contributed by atoms with Crippen molar-refractivity contribution in [2.75, 3.05) is 13.6 Å². The summed E-state index contributed by atoms with van der Waals surface area (Å²) in [6, 6.07) is 23.0. The van der Waals surface area contributed by atoms with Gasteiger partial charge in [-0.1, -0.05) is 106 Å². The first-order valence-electron chi connectivity index (χ1n) is 16.0. The third-order valence-corrected chi connectivity index (χ3v) is 9.20. The van der Waals surface area contributed by atoms with Gasteiger partial charge in [-0.05, 0) is 79.3 Å². The third kappa shape index (κ3) is 7.91. The molecule has 2 N–H and O–H groups in total. The highest BCUT2D eigenvalue weighted by atomic mass is 16.2. The number of carbonyl (C=O) groups excluding carboxylic acids is 3. The fourth-order valence-corrected chi connectivity index (χ4v) is 5.74. The third-order valence-electron chi connectivity index (χ3n) is 9.20. The molecule has 0 saturated carbocycles. The first-order valence-corrected chi connectivity index (χ1v) is 16.0. The predicted octanol–water partition coefficient (Wildman–Crippen LogP) is 7.53. The summed E-state index contributed by atoms with van der Waals surface area (Å²) in [5.41, 5.74) is 6.20. The van der Waals surface area contributed by atoms with Crippen molar-refractivity contribution in [2.45, 2.75) is 85.2 Å². The molecule has 0 saturated heterocycles. The molecule has 3 aromatic rings. The van der Waals surface area contributed by atoms with E-state index in [1.807, 2.05) is 76.2 Å². The minimum atomic E-state index is -0.749. The lowest BCUT2D eigenvalue weighted by molar-refractivity contribution is -0.140. The zero-order valence-corrected chi connectivity index (χ0v) is 28.2. The summed E-state index contributed by atoms with van der Waals surface area (Å²) in [6.07, 6.45) is 3.93. The largest absolute Gasteiger partial charge is 0.348 e. The van der Waals surface area contributed by atoms with Gasteiger partial charge in [0, 0.05) is 25.2 Å². The molecule has 6 heteroatoms.